The Bertz CT molecular complexity index is 1200. The molecule has 4 rings (SSSR count). The van der Waals surface area contributed by atoms with Crippen molar-refractivity contribution < 1.29 is 14.8 Å². The molecule has 0 unspecified atom stereocenters. The Balaban J connectivity index is 1.62. The van der Waals surface area contributed by atoms with Gasteiger partial charge in [0.1, 0.15) is 11.8 Å². The van der Waals surface area contributed by atoms with Gasteiger partial charge < -0.3 is 15.8 Å². The molecular weight excluding hydrogens is 426 g/mol. The predicted molar refractivity (Wildman–Crippen MR) is 124 cm³/mol. The van der Waals surface area contributed by atoms with E-state index in [2.05, 4.69) is 15.8 Å². The standard InChI is InChI=1S/C25H20ClN3O3/c26-17-10-12-18(13-11-17)27-25(31)23(14-16-6-2-1-3-7-16)28-22-15-21(29-32)19-8-4-5-9-20(19)24(22)30/h1-13,15,23,28,32H,14H2,(H,27,31)/t23-/m1/s1. The van der Waals surface area contributed by atoms with Crippen molar-refractivity contribution in [1.29, 1.82) is 0 Å². The zero-order valence-corrected chi connectivity index (χ0v) is 17.7. The molecule has 32 heavy (non-hydrogen) atoms. The number of nitrogens with zero attached hydrogens (tertiary/aromatic N) is 1. The molecule has 0 saturated heterocycles. The molecule has 3 aromatic rings. The number of oxime groups is 1. The summed E-state index contributed by atoms with van der Waals surface area (Å²) in [5.41, 5.74) is 2.89. The number of anilines is 1. The molecule has 0 saturated carbocycles. The van der Waals surface area contributed by atoms with E-state index < -0.39 is 6.04 Å². The molecule has 7 heteroatoms. The average Bonchev–Trinajstić information content (AvgIpc) is 2.82. The van der Waals surface area contributed by atoms with Crippen molar-refractivity contribution in [3.8, 4) is 0 Å². The summed E-state index contributed by atoms with van der Waals surface area (Å²) < 4.78 is 0. The molecule has 3 N–H and O–H groups in total. The van der Waals surface area contributed by atoms with Crippen LogP contribution in [0.25, 0.3) is 0 Å². The van der Waals surface area contributed by atoms with Crippen molar-refractivity contribution in [1.82, 2.24) is 5.32 Å². The van der Waals surface area contributed by atoms with Gasteiger partial charge in [0.2, 0.25) is 11.7 Å². The zero-order chi connectivity index (χ0) is 22.5. The van der Waals surface area contributed by atoms with Crippen LogP contribution in [0.2, 0.25) is 5.02 Å². The van der Waals surface area contributed by atoms with Crippen LogP contribution in [-0.4, -0.2) is 28.7 Å². The highest BCUT2D eigenvalue weighted by atomic mass is 35.5. The third kappa shape index (κ3) is 4.71. The summed E-state index contributed by atoms with van der Waals surface area (Å²) in [4.78, 5) is 26.2. The largest absolute Gasteiger partial charge is 0.410 e. The molecule has 0 heterocycles. The van der Waals surface area contributed by atoms with Crippen LogP contribution in [0.15, 0.2) is 95.8 Å². The monoisotopic (exact) mass is 445 g/mol. The Kier molecular flexibility index (Phi) is 6.33. The Hall–Kier alpha value is -3.90. The molecule has 1 amide bonds. The minimum Gasteiger partial charge on any atom is -0.410 e. The molecule has 0 aromatic heterocycles. The number of benzene rings is 3. The van der Waals surface area contributed by atoms with Crippen LogP contribution in [-0.2, 0) is 11.2 Å². The van der Waals surface area contributed by atoms with Crippen molar-refractivity contribution >= 4 is 34.7 Å². The summed E-state index contributed by atoms with van der Waals surface area (Å²) in [6.07, 6.45) is 1.80. The molecule has 1 atom stereocenters. The van der Waals surface area contributed by atoms with Crippen molar-refractivity contribution in [3.63, 3.8) is 0 Å². The average molecular weight is 446 g/mol. The van der Waals surface area contributed by atoms with Gasteiger partial charge in [0.25, 0.3) is 0 Å². The number of carbonyl (C=O) groups excluding carboxylic acids is 2. The van der Waals surface area contributed by atoms with Gasteiger partial charge in [-0.1, -0.05) is 71.4 Å². The lowest BCUT2D eigenvalue weighted by Crippen LogP contribution is -2.44. The number of carbonyl (C=O) groups is 2. The Morgan fingerprint density at radius 3 is 2.28 bits per heavy atom. The second-order valence-corrected chi connectivity index (χ2v) is 7.74. The number of halogens is 1. The quantitative estimate of drug-likeness (QED) is 0.386. The minimum absolute atomic E-state index is 0.184. The molecule has 0 radical (unpaired) electrons. The second-order valence-electron chi connectivity index (χ2n) is 7.30. The van der Waals surface area contributed by atoms with E-state index in [1.165, 1.54) is 6.08 Å². The summed E-state index contributed by atoms with van der Waals surface area (Å²) in [6, 6.07) is 22.4. The fourth-order valence-corrected chi connectivity index (χ4v) is 3.65. The number of hydrogen-bond acceptors (Lipinski definition) is 5. The van der Waals surface area contributed by atoms with E-state index in [1.54, 1.807) is 48.5 Å². The van der Waals surface area contributed by atoms with Gasteiger partial charge in [0.05, 0.1) is 5.70 Å². The molecule has 160 valence electrons. The van der Waals surface area contributed by atoms with Crippen molar-refractivity contribution in [2.45, 2.75) is 12.5 Å². The lowest BCUT2D eigenvalue weighted by atomic mass is 9.91. The van der Waals surface area contributed by atoms with E-state index in [0.717, 1.165) is 5.56 Å². The predicted octanol–water partition coefficient (Wildman–Crippen LogP) is 4.44. The van der Waals surface area contributed by atoms with E-state index >= 15 is 0 Å². The van der Waals surface area contributed by atoms with Gasteiger partial charge in [-0.15, -0.1) is 0 Å². The van der Waals surface area contributed by atoms with Crippen molar-refractivity contribution in [2.24, 2.45) is 5.16 Å². The number of fused-ring (bicyclic) bond motifs is 1. The summed E-state index contributed by atoms with van der Waals surface area (Å²) in [6.45, 7) is 0. The Morgan fingerprint density at radius 2 is 1.59 bits per heavy atom. The van der Waals surface area contributed by atoms with E-state index in [0.29, 0.717) is 28.3 Å². The number of Topliss-reactive ketones (excluding diaryl/α,β-unsaturated/α-hetero) is 1. The van der Waals surface area contributed by atoms with Crippen LogP contribution < -0.4 is 10.6 Å². The highest BCUT2D eigenvalue weighted by Gasteiger charge is 2.28. The summed E-state index contributed by atoms with van der Waals surface area (Å²) >= 11 is 5.93. The molecule has 0 bridgehead atoms. The van der Waals surface area contributed by atoms with Crippen LogP contribution in [0.1, 0.15) is 21.5 Å². The molecule has 6 nitrogen and oxygen atoms in total. The Labute approximate surface area is 190 Å². The lowest BCUT2D eigenvalue weighted by Gasteiger charge is -2.24. The van der Waals surface area contributed by atoms with Crippen LogP contribution in [0.5, 0.6) is 0 Å². The summed E-state index contributed by atoms with van der Waals surface area (Å²) in [7, 11) is 0. The van der Waals surface area contributed by atoms with Gasteiger partial charge in [-0.25, -0.2) is 0 Å². The van der Waals surface area contributed by atoms with E-state index in [9.17, 15) is 14.8 Å². The maximum atomic E-state index is 13.2. The van der Waals surface area contributed by atoms with Crippen LogP contribution in [0.3, 0.4) is 0 Å². The van der Waals surface area contributed by atoms with Crippen LogP contribution >= 0.6 is 11.6 Å². The number of rotatable bonds is 6. The van der Waals surface area contributed by atoms with Gasteiger partial charge in [-0.2, -0.15) is 0 Å². The molecule has 0 fully saturated rings. The molecule has 1 aliphatic carbocycles. The second kappa shape index (κ2) is 9.49. The molecule has 1 aliphatic rings. The topological polar surface area (TPSA) is 90.8 Å². The number of nitrogens with one attached hydrogen (secondary N) is 2. The number of allylic oxidation sites excluding steroid dienone is 2. The molecule has 0 spiro atoms. The first-order chi connectivity index (χ1) is 15.5. The first-order valence-corrected chi connectivity index (χ1v) is 10.4. The third-order valence-electron chi connectivity index (χ3n) is 5.12. The first kappa shape index (κ1) is 21.3. The molecular formula is C25H20ClN3O3. The normalized spacial score (nSPS) is 15.0. The summed E-state index contributed by atoms with van der Waals surface area (Å²) in [5, 5.41) is 19.3. The first-order valence-electron chi connectivity index (χ1n) is 10.00. The van der Waals surface area contributed by atoms with E-state index in [1.807, 2.05) is 30.3 Å². The fraction of sp³-hybridized carbons (Fsp3) is 0.0800. The molecule has 0 aliphatic heterocycles. The molecule has 3 aromatic carbocycles. The van der Waals surface area contributed by atoms with E-state index in [-0.39, 0.29) is 23.1 Å². The Morgan fingerprint density at radius 1 is 0.938 bits per heavy atom. The minimum atomic E-state index is -0.756. The van der Waals surface area contributed by atoms with Gasteiger partial charge in [0.15, 0.2) is 0 Å². The number of hydrogen-bond donors (Lipinski definition) is 3. The lowest BCUT2D eigenvalue weighted by molar-refractivity contribution is -0.117. The third-order valence-corrected chi connectivity index (χ3v) is 5.37. The SMILES string of the molecule is O=C1C(N[C@H](Cc2ccccc2)C(=O)Nc2ccc(Cl)cc2)=CC(=NO)c2ccccc21. The number of ketones is 1. The fourth-order valence-electron chi connectivity index (χ4n) is 3.53. The van der Waals surface area contributed by atoms with Crippen LogP contribution in [0.4, 0.5) is 5.69 Å². The smallest absolute Gasteiger partial charge is 0.247 e. The van der Waals surface area contributed by atoms with E-state index in [4.69, 9.17) is 11.6 Å². The highest BCUT2D eigenvalue weighted by molar-refractivity contribution is 6.30. The van der Waals surface area contributed by atoms with Crippen molar-refractivity contribution in [2.75, 3.05) is 5.32 Å². The van der Waals surface area contributed by atoms with Crippen LogP contribution in [0, 0.1) is 0 Å². The zero-order valence-electron chi connectivity index (χ0n) is 17.0. The van der Waals surface area contributed by atoms with Gasteiger partial charge in [0, 0.05) is 28.3 Å². The maximum Gasteiger partial charge on any atom is 0.247 e. The van der Waals surface area contributed by atoms with Gasteiger partial charge >= 0.3 is 0 Å². The summed E-state index contributed by atoms with van der Waals surface area (Å²) in [5.74, 6) is -0.587. The van der Waals surface area contributed by atoms with Crippen molar-refractivity contribution in [3.05, 3.63) is 112 Å². The maximum absolute atomic E-state index is 13.2. The van der Waals surface area contributed by atoms with Gasteiger partial charge in [-0.3, -0.25) is 9.59 Å². The number of amides is 1. The van der Waals surface area contributed by atoms with Gasteiger partial charge in [-0.05, 0) is 35.9 Å². The highest BCUT2D eigenvalue weighted by Crippen LogP contribution is 2.22.